The number of anilines is 1. The van der Waals surface area contributed by atoms with Gasteiger partial charge in [-0.25, -0.2) is 4.99 Å². The lowest BCUT2D eigenvalue weighted by Gasteiger charge is -2.26. The zero-order valence-electron chi connectivity index (χ0n) is 19.8. The minimum Gasteiger partial charge on any atom is -0.370 e. The molecule has 33 heavy (non-hydrogen) atoms. The minimum absolute atomic E-state index is 0.330. The summed E-state index contributed by atoms with van der Waals surface area (Å²) in [5.74, 6) is 1.38. The summed E-state index contributed by atoms with van der Waals surface area (Å²) in [6, 6.07) is 3.84. The summed E-state index contributed by atoms with van der Waals surface area (Å²) in [6.07, 6.45) is 8.01. The Morgan fingerprint density at radius 1 is 1.24 bits per heavy atom. The Morgan fingerprint density at radius 3 is 2.58 bits per heavy atom. The largest absolute Gasteiger partial charge is 0.370 e. The molecule has 0 fully saturated rings. The average Bonchev–Trinajstić information content (AvgIpc) is 3.38. The Labute approximate surface area is 211 Å². The molecule has 2 aromatic heterocycles. The van der Waals surface area contributed by atoms with Crippen LogP contribution < -0.4 is 5.32 Å². The van der Waals surface area contributed by atoms with Gasteiger partial charge < -0.3 is 15.2 Å². The van der Waals surface area contributed by atoms with Gasteiger partial charge in [-0.3, -0.25) is 4.99 Å². The third-order valence-electron chi connectivity index (χ3n) is 5.13. The fourth-order valence-corrected chi connectivity index (χ4v) is 4.62. The van der Waals surface area contributed by atoms with Crippen molar-refractivity contribution >= 4 is 57.6 Å². The number of rotatable bonds is 14. The molecule has 0 amide bonds. The SMILES string of the molecule is C=CNc1nc(Cl)[nH]c1C(=C)N(CCCCC)CCCCC(C)=NC(=NC)c1ccc(Cl)s1. The summed E-state index contributed by atoms with van der Waals surface area (Å²) in [5, 5.41) is 3.37. The van der Waals surface area contributed by atoms with Gasteiger partial charge in [0.05, 0.1) is 14.9 Å². The Kier molecular flexibility index (Phi) is 11.7. The van der Waals surface area contributed by atoms with Crippen LogP contribution >= 0.6 is 34.5 Å². The first kappa shape index (κ1) is 27.2. The van der Waals surface area contributed by atoms with E-state index in [1.807, 2.05) is 12.1 Å². The number of nitrogens with zero attached hydrogens (tertiary/aromatic N) is 4. The normalized spacial score (nSPS) is 12.2. The zero-order valence-corrected chi connectivity index (χ0v) is 22.1. The fourth-order valence-electron chi connectivity index (χ4n) is 3.42. The van der Waals surface area contributed by atoms with Crippen LogP contribution in [0.25, 0.3) is 5.70 Å². The number of aliphatic imine (C=N–C) groups is 2. The van der Waals surface area contributed by atoms with Gasteiger partial charge in [0.25, 0.3) is 0 Å². The van der Waals surface area contributed by atoms with E-state index in [0.29, 0.717) is 11.1 Å². The Hall–Kier alpha value is -2.09. The van der Waals surface area contributed by atoms with Crippen molar-refractivity contribution in [2.45, 2.75) is 52.4 Å². The molecule has 0 aliphatic rings. The van der Waals surface area contributed by atoms with Crippen LogP contribution in [0.1, 0.15) is 62.9 Å². The molecule has 0 radical (unpaired) electrons. The van der Waals surface area contributed by atoms with Gasteiger partial charge in [0.2, 0.25) is 5.28 Å². The highest BCUT2D eigenvalue weighted by molar-refractivity contribution is 7.18. The van der Waals surface area contributed by atoms with Crippen LogP contribution in [0.15, 0.2) is 41.5 Å². The highest BCUT2D eigenvalue weighted by atomic mass is 35.5. The summed E-state index contributed by atoms with van der Waals surface area (Å²) in [4.78, 5) is 19.7. The van der Waals surface area contributed by atoms with E-state index in [0.717, 1.165) is 70.9 Å². The van der Waals surface area contributed by atoms with Crippen molar-refractivity contribution < 1.29 is 0 Å². The van der Waals surface area contributed by atoms with Crippen LogP contribution in [0.4, 0.5) is 5.82 Å². The van der Waals surface area contributed by atoms with Gasteiger partial charge in [0.1, 0.15) is 5.69 Å². The van der Waals surface area contributed by atoms with Gasteiger partial charge in [-0.1, -0.05) is 44.5 Å². The average molecular weight is 510 g/mol. The van der Waals surface area contributed by atoms with Crippen molar-refractivity contribution in [3.8, 4) is 0 Å². The van der Waals surface area contributed by atoms with Gasteiger partial charge in [-0.05, 0) is 62.5 Å². The lowest BCUT2D eigenvalue weighted by atomic mass is 10.1. The quantitative estimate of drug-likeness (QED) is 0.157. The number of thiophene rings is 1. The molecule has 0 aliphatic heterocycles. The maximum Gasteiger partial charge on any atom is 0.202 e. The van der Waals surface area contributed by atoms with E-state index in [9.17, 15) is 0 Å². The molecule has 2 N–H and O–H groups in total. The molecule has 0 saturated heterocycles. The molecule has 0 bridgehead atoms. The maximum atomic E-state index is 6.11. The van der Waals surface area contributed by atoms with Crippen LogP contribution in [0, 0.1) is 0 Å². The summed E-state index contributed by atoms with van der Waals surface area (Å²) in [6.45, 7) is 14.2. The minimum atomic E-state index is 0.330. The van der Waals surface area contributed by atoms with E-state index < -0.39 is 0 Å². The first-order valence-corrected chi connectivity index (χ1v) is 12.8. The van der Waals surface area contributed by atoms with Crippen molar-refractivity contribution in [3.63, 3.8) is 0 Å². The van der Waals surface area contributed by atoms with Gasteiger partial charge in [-0.2, -0.15) is 4.98 Å². The van der Waals surface area contributed by atoms with Crippen molar-refractivity contribution in [2.24, 2.45) is 9.98 Å². The second-order valence-corrected chi connectivity index (χ2v) is 9.77. The first-order chi connectivity index (χ1) is 15.9. The van der Waals surface area contributed by atoms with E-state index in [-0.39, 0.29) is 0 Å². The number of halogens is 2. The lowest BCUT2D eigenvalue weighted by Crippen LogP contribution is -2.25. The van der Waals surface area contributed by atoms with Crippen LogP contribution in [0.5, 0.6) is 0 Å². The third kappa shape index (κ3) is 8.65. The van der Waals surface area contributed by atoms with E-state index in [4.69, 9.17) is 28.2 Å². The number of nitrogens with one attached hydrogen (secondary N) is 2. The van der Waals surface area contributed by atoms with Gasteiger partial charge in [0.15, 0.2) is 11.7 Å². The van der Waals surface area contributed by atoms with Gasteiger partial charge in [0, 0.05) is 25.8 Å². The number of hydrogen-bond acceptors (Lipinski definition) is 5. The van der Waals surface area contributed by atoms with Crippen LogP contribution in [-0.4, -0.2) is 46.6 Å². The molecule has 0 spiro atoms. The number of hydrogen-bond donors (Lipinski definition) is 2. The second-order valence-electron chi connectivity index (χ2n) is 7.70. The van der Waals surface area contributed by atoms with Crippen molar-refractivity contribution in [1.29, 1.82) is 0 Å². The predicted octanol–water partition coefficient (Wildman–Crippen LogP) is 7.50. The van der Waals surface area contributed by atoms with E-state index in [1.165, 1.54) is 24.2 Å². The molecule has 180 valence electrons. The van der Waals surface area contributed by atoms with Crippen LogP contribution in [0.2, 0.25) is 9.62 Å². The Morgan fingerprint density at radius 2 is 1.97 bits per heavy atom. The molecule has 2 heterocycles. The topological polar surface area (TPSA) is 68.7 Å². The first-order valence-electron chi connectivity index (χ1n) is 11.2. The fraction of sp³-hybridized carbons (Fsp3) is 0.458. The molecule has 2 rings (SSSR count). The molecular formula is C24H34Cl2N6S. The van der Waals surface area contributed by atoms with E-state index in [1.54, 1.807) is 13.2 Å². The second kappa shape index (κ2) is 14.2. The molecular weight excluding hydrogens is 475 g/mol. The van der Waals surface area contributed by atoms with E-state index in [2.05, 4.69) is 52.2 Å². The number of unbranched alkanes of at least 4 members (excludes halogenated alkanes) is 3. The van der Waals surface area contributed by atoms with Gasteiger partial charge in [-0.15, -0.1) is 11.3 Å². The standard InChI is InChI=1S/C24H34Cl2N6S/c1-6-8-10-15-32(18(4)21-23(28-7-2)31-24(26)30-21)16-11-9-12-17(3)29-22(27-5)19-13-14-20(25)33-19/h7,13-14,28H,2,4,6,8-12,15-16H2,1,3,5H3,(H,30,31). The van der Waals surface area contributed by atoms with E-state index >= 15 is 0 Å². The van der Waals surface area contributed by atoms with Crippen LogP contribution in [0.3, 0.4) is 0 Å². The number of aromatic amines is 1. The molecule has 9 heteroatoms. The third-order valence-corrected chi connectivity index (χ3v) is 6.54. The number of amidine groups is 1. The number of imidazole rings is 1. The zero-order chi connectivity index (χ0) is 24.2. The summed E-state index contributed by atoms with van der Waals surface area (Å²) in [5.41, 5.74) is 2.75. The maximum absolute atomic E-state index is 6.11. The number of aromatic nitrogens is 2. The summed E-state index contributed by atoms with van der Waals surface area (Å²) >= 11 is 13.7. The van der Waals surface area contributed by atoms with Gasteiger partial charge >= 0.3 is 0 Å². The molecule has 0 unspecified atom stereocenters. The molecule has 6 nitrogen and oxygen atoms in total. The highest BCUT2D eigenvalue weighted by Crippen LogP contribution is 2.26. The Balaban J connectivity index is 1.97. The van der Waals surface area contributed by atoms with Crippen LogP contribution in [-0.2, 0) is 0 Å². The highest BCUT2D eigenvalue weighted by Gasteiger charge is 2.17. The van der Waals surface area contributed by atoms with Crippen molar-refractivity contribution in [3.05, 3.63) is 51.7 Å². The lowest BCUT2D eigenvalue weighted by molar-refractivity contribution is 0.374. The molecule has 2 aromatic rings. The predicted molar refractivity (Wildman–Crippen MR) is 146 cm³/mol. The number of H-pyrrole nitrogens is 1. The molecule has 0 saturated carbocycles. The molecule has 0 aliphatic carbocycles. The Bertz CT molecular complexity index is 976. The smallest absolute Gasteiger partial charge is 0.202 e. The summed E-state index contributed by atoms with van der Waals surface area (Å²) in [7, 11) is 1.76. The monoisotopic (exact) mass is 508 g/mol. The summed E-state index contributed by atoms with van der Waals surface area (Å²) < 4.78 is 0.743. The van der Waals surface area contributed by atoms with Crippen molar-refractivity contribution in [2.75, 3.05) is 25.5 Å². The van der Waals surface area contributed by atoms with Crippen molar-refractivity contribution in [1.82, 2.24) is 14.9 Å². The molecule has 0 atom stereocenters. The molecule has 0 aromatic carbocycles.